The van der Waals surface area contributed by atoms with Crippen LogP contribution in [0.25, 0.3) is 6.08 Å². The van der Waals surface area contributed by atoms with Crippen molar-refractivity contribution >= 4 is 23.3 Å². The highest BCUT2D eigenvalue weighted by atomic mass is 32.1. The zero-order valence-corrected chi connectivity index (χ0v) is 16.0. The lowest BCUT2D eigenvalue weighted by molar-refractivity contribution is -0.116. The summed E-state index contributed by atoms with van der Waals surface area (Å²) in [6, 6.07) is 19.2. The van der Waals surface area contributed by atoms with Crippen LogP contribution in [0.15, 0.2) is 72.1 Å². The molecule has 5 heteroatoms. The van der Waals surface area contributed by atoms with Crippen LogP contribution in [-0.4, -0.2) is 20.1 Å². The molecule has 0 radical (unpaired) electrons. The molecule has 0 spiro atoms. The molecule has 0 saturated carbocycles. The van der Waals surface area contributed by atoms with E-state index in [0.717, 1.165) is 16.0 Å². The van der Waals surface area contributed by atoms with Gasteiger partial charge in [0, 0.05) is 16.5 Å². The Kier molecular flexibility index (Phi) is 6.28. The Morgan fingerprint density at radius 3 is 2.52 bits per heavy atom. The molecule has 0 aliphatic rings. The molecule has 2 aromatic carbocycles. The minimum Gasteiger partial charge on any atom is -0.497 e. The van der Waals surface area contributed by atoms with E-state index in [1.807, 2.05) is 66.0 Å². The minimum atomic E-state index is -0.185. The van der Waals surface area contributed by atoms with E-state index in [1.54, 1.807) is 31.6 Å². The summed E-state index contributed by atoms with van der Waals surface area (Å²) in [7, 11) is 3.20. The number of benzene rings is 2. The van der Waals surface area contributed by atoms with Crippen molar-refractivity contribution in [3.05, 3.63) is 88.1 Å². The molecule has 1 heterocycles. The number of carbonyl (C=O) groups is 1. The van der Waals surface area contributed by atoms with Crippen molar-refractivity contribution in [1.82, 2.24) is 5.32 Å². The number of carbonyl (C=O) groups excluding carboxylic acids is 1. The monoisotopic (exact) mass is 379 g/mol. The van der Waals surface area contributed by atoms with Crippen molar-refractivity contribution in [3.8, 4) is 11.5 Å². The first-order valence-corrected chi connectivity index (χ1v) is 9.38. The maximum Gasteiger partial charge on any atom is 0.244 e. The van der Waals surface area contributed by atoms with E-state index >= 15 is 0 Å². The van der Waals surface area contributed by atoms with Gasteiger partial charge in [-0.3, -0.25) is 4.79 Å². The van der Waals surface area contributed by atoms with Crippen LogP contribution in [0.3, 0.4) is 0 Å². The van der Waals surface area contributed by atoms with Gasteiger partial charge in [-0.15, -0.1) is 11.3 Å². The van der Waals surface area contributed by atoms with E-state index in [1.165, 1.54) is 6.08 Å². The van der Waals surface area contributed by atoms with Gasteiger partial charge >= 0.3 is 0 Å². The van der Waals surface area contributed by atoms with Gasteiger partial charge in [-0.05, 0) is 41.3 Å². The second-order valence-electron chi connectivity index (χ2n) is 5.81. The van der Waals surface area contributed by atoms with Gasteiger partial charge < -0.3 is 14.8 Å². The smallest absolute Gasteiger partial charge is 0.244 e. The molecule has 0 aliphatic carbocycles. The molecule has 1 aromatic heterocycles. The van der Waals surface area contributed by atoms with Crippen molar-refractivity contribution in [1.29, 1.82) is 0 Å². The normalized spacial score (nSPS) is 11.9. The number of amides is 1. The maximum absolute atomic E-state index is 12.6. The van der Waals surface area contributed by atoms with E-state index in [0.29, 0.717) is 11.5 Å². The predicted octanol–water partition coefficient (Wildman–Crippen LogP) is 4.68. The number of hydrogen-bond acceptors (Lipinski definition) is 4. The summed E-state index contributed by atoms with van der Waals surface area (Å²) < 4.78 is 10.6. The summed E-state index contributed by atoms with van der Waals surface area (Å²) in [6.07, 6.45) is 3.24. The lowest BCUT2D eigenvalue weighted by atomic mass is 10.1. The van der Waals surface area contributed by atoms with Crippen LogP contribution < -0.4 is 14.8 Å². The highest BCUT2D eigenvalue weighted by molar-refractivity contribution is 7.10. The first kappa shape index (κ1) is 18.7. The summed E-state index contributed by atoms with van der Waals surface area (Å²) in [6.45, 7) is 0. The van der Waals surface area contributed by atoms with Gasteiger partial charge in [0.1, 0.15) is 11.5 Å². The van der Waals surface area contributed by atoms with Crippen LogP contribution in [0.4, 0.5) is 0 Å². The van der Waals surface area contributed by atoms with Crippen molar-refractivity contribution in [2.75, 3.05) is 14.2 Å². The van der Waals surface area contributed by atoms with Crippen LogP contribution in [-0.2, 0) is 4.79 Å². The number of thiophene rings is 1. The van der Waals surface area contributed by atoms with E-state index < -0.39 is 0 Å². The standard InChI is InChI=1S/C22H21NO3S/c1-25-18-11-12-19(26-2)17(15-18)10-13-21(24)23-22(20-9-6-14-27-20)16-7-4-3-5-8-16/h3-15,22H,1-2H3,(H,23,24)/b13-10+/t22-/m0/s1. The maximum atomic E-state index is 12.6. The van der Waals surface area contributed by atoms with Crippen molar-refractivity contribution < 1.29 is 14.3 Å². The summed E-state index contributed by atoms with van der Waals surface area (Å²) >= 11 is 1.62. The molecule has 0 unspecified atom stereocenters. The van der Waals surface area contributed by atoms with Gasteiger partial charge in [0.05, 0.1) is 20.3 Å². The molecule has 138 valence electrons. The fourth-order valence-electron chi connectivity index (χ4n) is 2.75. The Morgan fingerprint density at radius 2 is 1.85 bits per heavy atom. The first-order valence-electron chi connectivity index (χ1n) is 8.50. The van der Waals surface area contributed by atoms with Gasteiger partial charge in [-0.2, -0.15) is 0 Å². The van der Waals surface area contributed by atoms with Crippen LogP contribution in [0.5, 0.6) is 11.5 Å². The summed E-state index contributed by atoms with van der Waals surface area (Å²) in [5, 5.41) is 5.09. The molecular weight excluding hydrogens is 358 g/mol. The third-order valence-electron chi connectivity index (χ3n) is 4.10. The van der Waals surface area contributed by atoms with Gasteiger partial charge in [-0.25, -0.2) is 0 Å². The van der Waals surface area contributed by atoms with Gasteiger partial charge in [0.15, 0.2) is 0 Å². The second kappa shape index (κ2) is 9.05. The van der Waals surface area contributed by atoms with Crippen molar-refractivity contribution in [3.63, 3.8) is 0 Å². The zero-order chi connectivity index (χ0) is 19.1. The molecule has 1 amide bonds. The minimum absolute atomic E-state index is 0.179. The number of hydrogen-bond donors (Lipinski definition) is 1. The Hall–Kier alpha value is -3.05. The predicted molar refractivity (Wildman–Crippen MR) is 109 cm³/mol. The fourth-order valence-corrected chi connectivity index (χ4v) is 3.55. The van der Waals surface area contributed by atoms with E-state index in [2.05, 4.69) is 5.32 Å². The molecule has 3 rings (SSSR count). The number of methoxy groups -OCH3 is 2. The molecule has 0 saturated heterocycles. The Bertz CT molecular complexity index is 905. The molecule has 1 atom stereocenters. The molecule has 4 nitrogen and oxygen atoms in total. The van der Waals surface area contributed by atoms with Crippen LogP contribution in [0.2, 0.25) is 0 Å². The summed E-state index contributed by atoms with van der Waals surface area (Å²) in [4.78, 5) is 13.7. The molecule has 0 fully saturated rings. The van der Waals surface area contributed by atoms with Crippen molar-refractivity contribution in [2.45, 2.75) is 6.04 Å². The van der Waals surface area contributed by atoms with E-state index in [9.17, 15) is 4.79 Å². The highest BCUT2D eigenvalue weighted by Gasteiger charge is 2.16. The Balaban J connectivity index is 1.80. The van der Waals surface area contributed by atoms with Crippen LogP contribution >= 0.6 is 11.3 Å². The first-order chi connectivity index (χ1) is 13.2. The molecule has 3 aromatic rings. The molecular formula is C22H21NO3S. The van der Waals surface area contributed by atoms with Gasteiger partial charge in [0.25, 0.3) is 0 Å². The molecule has 1 N–H and O–H groups in total. The lowest BCUT2D eigenvalue weighted by Gasteiger charge is -2.17. The van der Waals surface area contributed by atoms with Gasteiger partial charge in [-0.1, -0.05) is 36.4 Å². The third kappa shape index (κ3) is 4.77. The average Bonchev–Trinajstić information content (AvgIpc) is 3.25. The third-order valence-corrected chi connectivity index (χ3v) is 5.04. The highest BCUT2D eigenvalue weighted by Crippen LogP contribution is 2.27. The van der Waals surface area contributed by atoms with E-state index in [4.69, 9.17) is 9.47 Å². The average molecular weight is 379 g/mol. The number of nitrogens with one attached hydrogen (secondary N) is 1. The molecule has 27 heavy (non-hydrogen) atoms. The quantitative estimate of drug-likeness (QED) is 0.606. The number of ether oxygens (including phenoxy) is 2. The summed E-state index contributed by atoms with van der Waals surface area (Å²) in [5.74, 6) is 1.21. The Labute approximate surface area is 163 Å². The van der Waals surface area contributed by atoms with Crippen molar-refractivity contribution in [2.24, 2.45) is 0 Å². The number of rotatable bonds is 7. The molecule has 0 aliphatic heterocycles. The Morgan fingerprint density at radius 1 is 1.04 bits per heavy atom. The second-order valence-corrected chi connectivity index (χ2v) is 6.79. The van der Waals surface area contributed by atoms with Crippen LogP contribution in [0.1, 0.15) is 22.0 Å². The topological polar surface area (TPSA) is 47.6 Å². The fraction of sp³-hybridized carbons (Fsp3) is 0.136. The molecule has 0 bridgehead atoms. The lowest BCUT2D eigenvalue weighted by Crippen LogP contribution is -2.27. The zero-order valence-electron chi connectivity index (χ0n) is 15.2. The largest absolute Gasteiger partial charge is 0.497 e. The summed E-state index contributed by atoms with van der Waals surface area (Å²) in [5.41, 5.74) is 1.82. The van der Waals surface area contributed by atoms with E-state index in [-0.39, 0.29) is 11.9 Å². The van der Waals surface area contributed by atoms with Crippen LogP contribution in [0, 0.1) is 0 Å². The van der Waals surface area contributed by atoms with Gasteiger partial charge in [0.2, 0.25) is 5.91 Å². The SMILES string of the molecule is COc1ccc(OC)c(/C=C/C(=O)N[C@@H](c2ccccc2)c2cccs2)c1.